The molecule has 1 aliphatic heterocycles. The highest BCUT2D eigenvalue weighted by Gasteiger charge is 2.35. The molecule has 1 unspecified atom stereocenters. The molecule has 3 heteroatoms. The molecule has 0 spiro atoms. The van der Waals surface area contributed by atoms with Crippen LogP contribution in [0.15, 0.2) is 48.5 Å². The molecule has 2 atom stereocenters. The van der Waals surface area contributed by atoms with E-state index in [1.54, 1.807) is 0 Å². The standard InChI is InChI=1S/C24H35NP2/c1-5-7-16-25(26-17-10-15-22(26)6-2)27(23-13-8-11-20(3)18-23)24-14-9-12-21(4)19-24/h8-9,11-14,18-19,22H,5-7,10,15-17H2,1-4H3/t22-,26?/m1/s1. The van der Waals surface area contributed by atoms with Crippen LogP contribution in [0.4, 0.5) is 0 Å². The van der Waals surface area contributed by atoms with Gasteiger partial charge in [0.25, 0.3) is 0 Å². The minimum absolute atomic E-state index is 0.0274. The number of benzene rings is 2. The highest BCUT2D eigenvalue weighted by atomic mass is 31.2. The molecule has 1 nitrogen and oxygen atoms in total. The summed E-state index contributed by atoms with van der Waals surface area (Å²) in [7, 11) is -0.467. The first-order valence-electron chi connectivity index (χ1n) is 10.6. The van der Waals surface area contributed by atoms with E-state index in [2.05, 4.69) is 80.7 Å². The first-order valence-corrected chi connectivity index (χ1v) is 13.5. The fraction of sp³-hybridized carbons (Fsp3) is 0.500. The first-order chi connectivity index (χ1) is 13.1. The molecule has 1 aliphatic rings. The van der Waals surface area contributed by atoms with Gasteiger partial charge in [-0.25, -0.2) is 0 Å². The lowest BCUT2D eigenvalue weighted by Crippen LogP contribution is -2.28. The average molecular weight is 399 g/mol. The second-order valence-electron chi connectivity index (χ2n) is 7.81. The molecular weight excluding hydrogens is 364 g/mol. The van der Waals surface area contributed by atoms with E-state index in [4.69, 9.17) is 0 Å². The summed E-state index contributed by atoms with van der Waals surface area (Å²) in [5, 5.41) is 3.08. The summed E-state index contributed by atoms with van der Waals surface area (Å²) < 4.78 is 3.00. The van der Waals surface area contributed by atoms with Crippen molar-refractivity contribution in [2.75, 3.05) is 12.7 Å². The third-order valence-corrected chi connectivity index (χ3v) is 12.0. The fourth-order valence-corrected chi connectivity index (χ4v) is 11.4. The summed E-state index contributed by atoms with van der Waals surface area (Å²) in [6.45, 7) is 10.5. The van der Waals surface area contributed by atoms with Crippen LogP contribution < -0.4 is 10.6 Å². The zero-order valence-electron chi connectivity index (χ0n) is 17.5. The lowest BCUT2D eigenvalue weighted by Gasteiger charge is -2.40. The third-order valence-electron chi connectivity index (χ3n) is 5.55. The van der Waals surface area contributed by atoms with Gasteiger partial charge in [0.2, 0.25) is 0 Å². The Hall–Kier alpha value is -0.740. The number of nitrogens with zero attached hydrogens (tertiary/aromatic N) is 1. The zero-order valence-corrected chi connectivity index (χ0v) is 19.3. The van der Waals surface area contributed by atoms with Crippen molar-refractivity contribution in [2.45, 2.75) is 65.5 Å². The van der Waals surface area contributed by atoms with Gasteiger partial charge in [-0.15, -0.1) is 0 Å². The van der Waals surface area contributed by atoms with Crippen molar-refractivity contribution in [3.05, 3.63) is 59.7 Å². The topological polar surface area (TPSA) is 3.24 Å². The van der Waals surface area contributed by atoms with E-state index in [0.717, 1.165) is 5.66 Å². The molecule has 146 valence electrons. The molecular formula is C24H35NP2. The monoisotopic (exact) mass is 399 g/mol. The predicted molar refractivity (Wildman–Crippen MR) is 125 cm³/mol. The maximum Gasteiger partial charge on any atom is 0.0318 e. The Labute approximate surface area is 169 Å². The molecule has 3 rings (SSSR count). The van der Waals surface area contributed by atoms with E-state index >= 15 is 0 Å². The highest BCUT2D eigenvalue weighted by Crippen LogP contribution is 2.62. The van der Waals surface area contributed by atoms with Crippen LogP contribution in [0, 0.1) is 13.8 Å². The van der Waals surface area contributed by atoms with Crippen molar-refractivity contribution in [3.8, 4) is 0 Å². The van der Waals surface area contributed by atoms with Gasteiger partial charge in [0.05, 0.1) is 0 Å². The molecule has 1 heterocycles. The van der Waals surface area contributed by atoms with Gasteiger partial charge in [0.1, 0.15) is 0 Å². The Morgan fingerprint density at radius 2 is 1.63 bits per heavy atom. The van der Waals surface area contributed by atoms with Gasteiger partial charge in [-0.05, 0) is 82.2 Å². The summed E-state index contributed by atoms with van der Waals surface area (Å²) in [6, 6.07) is 18.6. The zero-order chi connectivity index (χ0) is 19.2. The van der Waals surface area contributed by atoms with E-state index in [1.807, 2.05) is 0 Å². The Morgan fingerprint density at radius 1 is 1.00 bits per heavy atom. The normalized spacial score (nSPS) is 19.9. The molecule has 0 aromatic heterocycles. The van der Waals surface area contributed by atoms with Crippen LogP contribution in [0.25, 0.3) is 0 Å². The van der Waals surface area contributed by atoms with Crippen LogP contribution in [0.1, 0.15) is 57.1 Å². The Bertz CT molecular complexity index is 684. The molecule has 0 saturated carbocycles. The minimum atomic E-state index is -0.440. The maximum absolute atomic E-state index is 3.00. The van der Waals surface area contributed by atoms with Crippen LogP contribution in [0.5, 0.6) is 0 Å². The van der Waals surface area contributed by atoms with Crippen LogP contribution in [-0.2, 0) is 0 Å². The Balaban J connectivity index is 2.06. The van der Waals surface area contributed by atoms with Gasteiger partial charge in [-0.3, -0.25) is 4.44 Å². The largest absolute Gasteiger partial charge is 0.252 e. The third kappa shape index (κ3) is 5.20. The maximum atomic E-state index is 3.00. The fourth-order valence-electron chi connectivity index (χ4n) is 4.12. The van der Waals surface area contributed by atoms with Gasteiger partial charge < -0.3 is 0 Å². The predicted octanol–water partition coefficient (Wildman–Crippen LogP) is 6.72. The van der Waals surface area contributed by atoms with Crippen LogP contribution in [0.3, 0.4) is 0 Å². The molecule has 2 aromatic rings. The quantitative estimate of drug-likeness (QED) is 0.445. The molecule has 0 aliphatic carbocycles. The van der Waals surface area contributed by atoms with Crippen molar-refractivity contribution >= 4 is 26.8 Å². The lowest BCUT2D eigenvalue weighted by molar-refractivity contribution is 0.631. The summed E-state index contributed by atoms with van der Waals surface area (Å²) in [4.78, 5) is 0. The van der Waals surface area contributed by atoms with Gasteiger partial charge >= 0.3 is 0 Å². The van der Waals surface area contributed by atoms with Crippen LogP contribution >= 0.6 is 16.1 Å². The van der Waals surface area contributed by atoms with Crippen molar-refractivity contribution in [1.29, 1.82) is 0 Å². The number of unbranched alkanes of at least 4 members (excludes halogenated alkanes) is 1. The molecule has 0 amide bonds. The summed E-state index contributed by atoms with van der Waals surface area (Å²) in [5.41, 5.74) is 3.69. The average Bonchev–Trinajstić information content (AvgIpc) is 3.13. The van der Waals surface area contributed by atoms with Crippen molar-refractivity contribution in [3.63, 3.8) is 0 Å². The smallest absolute Gasteiger partial charge is 0.0318 e. The Morgan fingerprint density at radius 3 is 2.15 bits per heavy atom. The highest BCUT2D eigenvalue weighted by molar-refractivity contribution is 7.79. The van der Waals surface area contributed by atoms with Gasteiger partial charge in [-0.2, -0.15) is 0 Å². The molecule has 0 radical (unpaired) electrons. The number of hydrogen-bond acceptors (Lipinski definition) is 1. The van der Waals surface area contributed by atoms with E-state index in [0.29, 0.717) is 0 Å². The van der Waals surface area contributed by atoms with Crippen molar-refractivity contribution < 1.29 is 0 Å². The SMILES string of the molecule is CCCCN(P(c1cccc(C)c1)c1cccc(C)c1)P1CCC[C@H]1CC. The van der Waals surface area contributed by atoms with Crippen molar-refractivity contribution in [1.82, 2.24) is 4.44 Å². The van der Waals surface area contributed by atoms with E-state index in [1.165, 1.54) is 66.5 Å². The summed E-state index contributed by atoms with van der Waals surface area (Å²) in [5.74, 6) is 0. The minimum Gasteiger partial charge on any atom is -0.252 e. The summed E-state index contributed by atoms with van der Waals surface area (Å²) in [6.07, 6.45) is 8.24. The lowest BCUT2D eigenvalue weighted by atomic mass is 10.2. The number of hydrogen-bond donors (Lipinski definition) is 0. The molecule has 0 bridgehead atoms. The molecule has 1 saturated heterocycles. The second-order valence-corrected chi connectivity index (χ2v) is 12.8. The summed E-state index contributed by atoms with van der Waals surface area (Å²) >= 11 is 0. The molecule has 2 aromatic carbocycles. The van der Waals surface area contributed by atoms with E-state index in [9.17, 15) is 0 Å². The van der Waals surface area contributed by atoms with E-state index in [-0.39, 0.29) is 8.07 Å². The molecule has 0 N–H and O–H groups in total. The van der Waals surface area contributed by atoms with Gasteiger partial charge in [0, 0.05) is 14.6 Å². The number of rotatable bonds is 8. The van der Waals surface area contributed by atoms with E-state index < -0.39 is 8.07 Å². The number of aryl methyl sites for hydroxylation is 2. The van der Waals surface area contributed by atoms with Crippen LogP contribution in [-0.4, -0.2) is 22.8 Å². The Kier molecular flexibility index (Phi) is 7.89. The van der Waals surface area contributed by atoms with Crippen LogP contribution in [0.2, 0.25) is 0 Å². The molecule has 27 heavy (non-hydrogen) atoms. The first kappa shape index (κ1) is 21.0. The van der Waals surface area contributed by atoms with Crippen molar-refractivity contribution in [2.24, 2.45) is 0 Å². The van der Waals surface area contributed by atoms with Gasteiger partial charge in [-0.1, -0.05) is 67.8 Å². The second kappa shape index (κ2) is 10.2. The van der Waals surface area contributed by atoms with Gasteiger partial charge in [0.15, 0.2) is 0 Å². The molecule has 1 fully saturated rings.